The number of anilines is 1. The third-order valence-electron chi connectivity index (χ3n) is 3.17. The van der Waals surface area contributed by atoms with Crippen molar-refractivity contribution < 1.29 is 4.39 Å². The summed E-state index contributed by atoms with van der Waals surface area (Å²) in [6.07, 6.45) is 1.68. The highest BCUT2D eigenvalue weighted by atomic mass is 19.1. The number of imidazole rings is 1. The Morgan fingerprint density at radius 3 is 2.74 bits per heavy atom. The van der Waals surface area contributed by atoms with Gasteiger partial charge in [0.25, 0.3) is 0 Å². The number of benzene rings is 2. The number of aromatic nitrogens is 2. The van der Waals surface area contributed by atoms with Gasteiger partial charge in [-0.1, -0.05) is 12.1 Å². The molecule has 0 amide bonds. The van der Waals surface area contributed by atoms with Crippen LogP contribution in [-0.4, -0.2) is 9.97 Å². The second-order valence-corrected chi connectivity index (χ2v) is 4.55. The van der Waals surface area contributed by atoms with E-state index in [-0.39, 0.29) is 11.9 Å². The van der Waals surface area contributed by atoms with Crippen molar-refractivity contribution in [3.8, 4) is 0 Å². The number of hydrogen-bond donors (Lipinski definition) is 2. The lowest BCUT2D eigenvalue weighted by Gasteiger charge is -2.15. The average Bonchev–Trinajstić information content (AvgIpc) is 2.87. The Balaban J connectivity index is 1.81. The number of rotatable bonds is 3. The fraction of sp³-hybridized carbons (Fsp3) is 0.133. The molecule has 0 unspecified atom stereocenters. The second kappa shape index (κ2) is 4.72. The van der Waals surface area contributed by atoms with Gasteiger partial charge in [-0.05, 0) is 42.8 Å². The van der Waals surface area contributed by atoms with E-state index in [1.165, 1.54) is 12.1 Å². The van der Waals surface area contributed by atoms with Crippen LogP contribution in [0.3, 0.4) is 0 Å². The molecule has 96 valence electrons. The minimum atomic E-state index is -0.213. The van der Waals surface area contributed by atoms with Gasteiger partial charge in [-0.2, -0.15) is 0 Å². The maximum Gasteiger partial charge on any atom is 0.123 e. The molecule has 2 N–H and O–H groups in total. The minimum absolute atomic E-state index is 0.112. The number of H-pyrrole nitrogens is 1. The number of nitrogens with one attached hydrogen (secondary N) is 2. The molecule has 3 rings (SSSR count). The number of hydrogen-bond acceptors (Lipinski definition) is 2. The lowest BCUT2D eigenvalue weighted by molar-refractivity contribution is 0.626. The fourth-order valence-electron chi connectivity index (χ4n) is 2.11. The Hall–Kier alpha value is -2.36. The first-order valence-corrected chi connectivity index (χ1v) is 6.17. The first kappa shape index (κ1) is 11.7. The van der Waals surface area contributed by atoms with Gasteiger partial charge in [0.2, 0.25) is 0 Å². The number of aromatic amines is 1. The summed E-state index contributed by atoms with van der Waals surface area (Å²) in [7, 11) is 0. The third kappa shape index (κ3) is 2.42. The molecule has 19 heavy (non-hydrogen) atoms. The third-order valence-corrected chi connectivity index (χ3v) is 3.17. The van der Waals surface area contributed by atoms with Crippen molar-refractivity contribution in [2.75, 3.05) is 5.32 Å². The van der Waals surface area contributed by atoms with E-state index in [1.54, 1.807) is 18.5 Å². The van der Waals surface area contributed by atoms with E-state index in [4.69, 9.17) is 0 Å². The molecule has 0 fully saturated rings. The summed E-state index contributed by atoms with van der Waals surface area (Å²) in [4.78, 5) is 7.26. The molecule has 0 saturated heterocycles. The van der Waals surface area contributed by atoms with Crippen LogP contribution in [0.15, 0.2) is 48.8 Å². The lowest BCUT2D eigenvalue weighted by Crippen LogP contribution is -2.06. The van der Waals surface area contributed by atoms with Gasteiger partial charge in [0.05, 0.1) is 17.4 Å². The van der Waals surface area contributed by atoms with E-state index >= 15 is 0 Å². The van der Waals surface area contributed by atoms with Crippen molar-refractivity contribution in [3.63, 3.8) is 0 Å². The van der Waals surface area contributed by atoms with Gasteiger partial charge in [0.15, 0.2) is 0 Å². The van der Waals surface area contributed by atoms with Gasteiger partial charge in [-0.15, -0.1) is 0 Å². The standard InChI is InChI=1S/C15H14FN3/c1-10(11-2-4-12(16)5-3-11)19-13-6-7-14-15(8-13)18-9-17-14/h2-10,19H,1H3,(H,17,18)/t10-/m0/s1. The van der Waals surface area contributed by atoms with E-state index in [1.807, 2.05) is 25.1 Å². The van der Waals surface area contributed by atoms with Gasteiger partial charge >= 0.3 is 0 Å². The molecule has 1 heterocycles. The zero-order valence-corrected chi connectivity index (χ0v) is 10.5. The molecule has 0 bridgehead atoms. The number of halogens is 1. The molecule has 0 aliphatic rings. The van der Waals surface area contributed by atoms with Crippen molar-refractivity contribution in [2.45, 2.75) is 13.0 Å². The van der Waals surface area contributed by atoms with Crippen molar-refractivity contribution in [1.29, 1.82) is 0 Å². The van der Waals surface area contributed by atoms with Crippen LogP contribution < -0.4 is 5.32 Å². The molecule has 1 atom stereocenters. The maximum absolute atomic E-state index is 12.9. The van der Waals surface area contributed by atoms with Crippen LogP contribution in [0, 0.1) is 5.82 Å². The van der Waals surface area contributed by atoms with Crippen molar-refractivity contribution in [1.82, 2.24) is 9.97 Å². The number of fused-ring (bicyclic) bond motifs is 1. The topological polar surface area (TPSA) is 40.7 Å². The average molecular weight is 255 g/mol. The zero-order chi connectivity index (χ0) is 13.2. The maximum atomic E-state index is 12.9. The van der Waals surface area contributed by atoms with Crippen LogP contribution in [0.1, 0.15) is 18.5 Å². The van der Waals surface area contributed by atoms with Crippen molar-refractivity contribution in [3.05, 3.63) is 60.2 Å². The second-order valence-electron chi connectivity index (χ2n) is 4.55. The Morgan fingerprint density at radius 1 is 1.16 bits per heavy atom. The zero-order valence-electron chi connectivity index (χ0n) is 10.5. The molecule has 1 aromatic heterocycles. The van der Waals surface area contributed by atoms with Gasteiger partial charge in [-0.25, -0.2) is 9.37 Å². The van der Waals surface area contributed by atoms with E-state index < -0.39 is 0 Å². The monoisotopic (exact) mass is 255 g/mol. The SMILES string of the molecule is C[C@H](Nc1ccc2nc[nH]c2c1)c1ccc(F)cc1. The Kier molecular flexibility index (Phi) is 2.91. The molecule has 0 saturated carbocycles. The van der Waals surface area contributed by atoms with Gasteiger partial charge in [0, 0.05) is 11.7 Å². The molecular weight excluding hydrogens is 241 g/mol. The summed E-state index contributed by atoms with van der Waals surface area (Å²) in [6.45, 7) is 2.05. The molecule has 4 heteroatoms. The fourth-order valence-corrected chi connectivity index (χ4v) is 2.11. The van der Waals surface area contributed by atoms with Gasteiger partial charge in [-0.3, -0.25) is 0 Å². The van der Waals surface area contributed by atoms with E-state index in [0.29, 0.717) is 0 Å². The molecule has 3 nitrogen and oxygen atoms in total. The molecule has 0 aliphatic heterocycles. The normalized spacial score (nSPS) is 12.5. The van der Waals surface area contributed by atoms with Crippen LogP contribution in [0.2, 0.25) is 0 Å². The summed E-state index contributed by atoms with van der Waals surface area (Å²) in [5.74, 6) is -0.213. The first-order valence-electron chi connectivity index (χ1n) is 6.17. The molecule has 0 spiro atoms. The van der Waals surface area contributed by atoms with Crippen LogP contribution in [-0.2, 0) is 0 Å². The Bertz CT molecular complexity index is 688. The highest BCUT2D eigenvalue weighted by Gasteiger charge is 2.06. The quantitative estimate of drug-likeness (QED) is 0.745. The van der Waals surface area contributed by atoms with Crippen LogP contribution in [0.25, 0.3) is 11.0 Å². The minimum Gasteiger partial charge on any atom is -0.378 e. The van der Waals surface area contributed by atoms with Crippen LogP contribution in [0.5, 0.6) is 0 Å². The Morgan fingerprint density at radius 2 is 1.95 bits per heavy atom. The predicted molar refractivity (Wildman–Crippen MR) is 74.5 cm³/mol. The van der Waals surface area contributed by atoms with E-state index in [9.17, 15) is 4.39 Å². The number of nitrogens with zero attached hydrogens (tertiary/aromatic N) is 1. The van der Waals surface area contributed by atoms with Crippen LogP contribution >= 0.6 is 0 Å². The first-order chi connectivity index (χ1) is 9.22. The van der Waals surface area contributed by atoms with Crippen molar-refractivity contribution in [2.24, 2.45) is 0 Å². The molecule has 0 radical (unpaired) electrons. The molecule has 3 aromatic rings. The summed E-state index contributed by atoms with van der Waals surface area (Å²) >= 11 is 0. The highest BCUT2D eigenvalue weighted by Crippen LogP contribution is 2.22. The smallest absolute Gasteiger partial charge is 0.123 e. The summed E-state index contributed by atoms with van der Waals surface area (Å²) in [5, 5.41) is 3.39. The lowest BCUT2D eigenvalue weighted by atomic mass is 10.1. The van der Waals surface area contributed by atoms with Crippen LogP contribution in [0.4, 0.5) is 10.1 Å². The van der Waals surface area contributed by atoms with E-state index in [0.717, 1.165) is 22.3 Å². The summed E-state index contributed by atoms with van der Waals surface area (Å²) < 4.78 is 12.9. The van der Waals surface area contributed by atoms with Gasteiger partial charge in [0.1, 0.15) is 5.82 Å². The largest absolute Gasteiger partial charge is 0.378 e. The van der Waals surface area contributed by atoms with E-state index in [2.05, 4.69) is 15.3 Å². The predicted octanol–water partition coefficient (Wildman–Crippen LogP) is 3.88. The Labute approximate surface area is 110 Å². The molecular formula is C15H14FN3. The van der Waals surface area contributed by atoms with Gasteiger partial charge < -0.3 is 10.3 Å². The molecule has 0 aliphatic carbocycles. The van der Waals surface area contributed by atoms with Crippen molar-refractivity contribution >= 4 is 16.7 Å². The summed E-state index contributed by atoms with van der Waals surface area (Å²) in [5.41, 5.74) is 4.00. The highest BCUT2D eigenvalue weighted by molar-refractivity contribution is 5.78. The molecule has 2 aromatic carbocycles. The summed E-state index contributed by atoms with van der Waals surface area (Å²) in [6, 6.07) is 12.6.